The van der Waals surface area contributed by atoms with Crippen LogP contribution in [0.15, 0.2) is 78.9 Å². The predicted molar refractivity (Wildman–Crippen MR) is 93.6 cm³/mol. The second-order valence-corrected chi connectivity index (χ2v) is 5.40. The zero-order valence-electron chi connectivity index (χ0n) is 13.5. The zero-order chi connectivity index (χ0) is 17.5. The summed E-state index contributed by atoms with van der Waals surface area (Å²) in [5.74, 6) is -0.353. The van der Waals surface area contributed by atoms with Gasteiger partial charge in [-0.3, -0.25) is 0 Å². The third-order valence-electron chi connectivity index (χ3n) is 3.66. The molecule has 0 aliphatic heterocycles. The van der Waals surface area contributed by atoms with Crippen molar-refractivity contribution in [1.82, 2.24) is 0 Å². The van der Waals surface area contributed by atoms with Crippen LogP contribution in [0.3, 0.4) is 0 Å². The van der Waals surface area contributed by atoms with E-state index in [9.17, 15) is 9.18 Å². The van der Waals surface area contributed by atoms with Crippen molar-refractivity contribution in [3.63, 3.8) is 0 Å². The van der Waals surface area contributed by atoms with Gasteiger partial charge in [0, 0.05) is 11.1 Å². The Morgan fingerprint density at radius 3 is 2.32 bits per heavy atom. The molecule has 0 saturated carbocycles. The normalized spacial score (nSPS) is 10.3. The molecule has 0 N–H and O–H groups in total. The van der Waals surface area contributed by atoms with Gasteiger partial charge in [0.25, 0.3) is 0 Å². The summed E-state index contributed by atoms with van der Waals surface area (Å²) in [6.45, 7) is -0.354. The molecule has 4 heteroatoms. The second kappa shape index (κ2) is 8.11. The number of ether oxygens (including phenoxy) is 2. The number of hydrogen-bond donors (Lipinski definition) is 0. The number of para-hydroxylation sites is 1. The minimum Gasteiger partial charge on any atom is -0.481 e. The summed E-state index contributed by atoms with van der Waals surface area (Å²) >= 11 is 0. The number of hydrogen-bond acceptors (Lipinski definition) is 3. The summed E-state index contributed by atoms with van der Waals surface area (Å²) in [7, 11) is 0. The lowest BCUT2D eigenvalue weighted by atomic mass is 10.1. The first-order valence-corrected chi connectivity index (χ1v) is 7.90. The van der Waals surface area contributed by atoms with Gasteiger partial charge >= 0.3 is 5.97 Å². The average molecular weight is 336 g/mol. The van der Waals surface area contributed by atoms with Crippen molar-refractivity contribution in [2.45, 2.75) is 6.61 Å². The van der Waals surface area contributed by atoms with E-state index in [4.69, 9.17) is 9.47 Å². The van der Waals surface area contributed by atoms with E-state index in [1.165, 1.54) is 6.07 Å². The lowest BCUT2D eigenvalue weighted by molar-refractivity contribution is -0.147. The molecule has 3 aromatic rings. The minimum absolute atomic E-state index is 0.116. The molecule has 0 aliphatic carbocycles. The number of halogens is 1. The van der Waals surface area contributed by atoms with E-state index in [-0.39, 0.29) is 13.2 Å². The van der Waals surface area contributed by atoms with Crippen LogP contribution in [-0.4, -0.2) is 12.6 Å². The Balaban J connectivity index is 1.60. The molecule has 0 fully saturated rings. The summed E-state index contributed by atoms with van der Waals surface area (Å²) in [4.78, 5) is 11.9. The maximum atomic E-state index is 13.5. The number of rotatable bonds is 6. The zero-order valence-corrected chi connectivity index (χ0v) is 13.5. The fourth-order valence-corrected chi connectivity index (χ4v) is 2.40. The SMILES string of the molecule is O=C(COc1ccccc1-c1ccccc1)OCc1ccccc1F. The molecule has 3 nitrogen and oxygen atoms in total. The van der Waals surface area contributed by atoms with Gasteiger partial charge in [0.05, 0.1) is 0 Å². The van der Waals surface area contributed by atoms with Crippen LogP contribution in [0.1, 0.15) is 5.56 Å². The van der Waals surface area contributed by atoms with Crippen LogP contribution < -0.4 is 4.74 Å². The van der Waals surface area contributed by atoms with Crippen molar-refractivity contribution < 1.29 is 18.7 Å². The Morgan fingerprint density at radius 1 is 0.840 bits per heavy atom. The molecule has 0 spiro atoms. The van der Waals surface area contributed by atoms with E-state index in [2.05, 4.69) is 0 Å². The highest BCUT2D eigenvalue weighted by atomic mass is 19.1. The first kappa shape index (κ1) is 16.7. The molecule has 3 rings (SSSR count). The lowest BCUT2D eigenvalue weighted by Gasteiger charge is -2.11. The highest BCUT2D eigenvalue weighted by Crippen LogP contribution is 2.29. The Kier molecular flexibility index (Phi) is 5.42. The van der Waals surface area contributed by atoms with Gasteiger partial charge in [0.1, 0.15) is 18.2 Å². The number of benzene rings is 3. The van der Waals surface area contributed by atoms with Gasteiger partial charge in [-0.1, -0.05) is 66.7 Å². The van der Waals surface area contributed by atoms with Crippen LogP contribution in [0.25, 0.3) is 11.1 Å². The molecule has 0 unspecified atom stereocenters. The molecule has 126 valence electrons. The highest BCUT2D eigenvalue weighted by Gasteiger charge is 2.10. The molecule has 0 bridgehead atoms. The van der Waals surface area contributed by atoms with E-state index in [1.807, 2.05) is 48.5 Å². The summed E-state index contributed by atoms with van der Waals surface area (Å²) in [5.41, 5.74) is 2.23. The van der Waals surface area contributed by atoms with Crippen LogP contribution in [-0.2, 0) is 16.1 Å². The molecule has 0 saturated heterocycles. The van der Waals surface area contributed by atoms with E-state index in [0.29, 0.717) is 11.3 Å². The smallest absolute Gasteiger partial charge is 0.344 e. The Hall–Kier alpha value is -3.14. The molecule has 25 heavy (non-hydrogen) atoms. The molecular weight excluding hydrogens is 319 g/mol. The Labute approximate surface area is 145 Å². The number of carbonyl (C=O) groups is 1. The summed E-state index contributed by atoms with van der Waals surface area (Å²) < 4.78 is 24.2. The van der Waals surface area contributed by atoms with Crippen molar-refractivity contribution in [2.75, 3.05) is 6.61 Å². The van der Waals surface area contributed by atoms with E-state index >= 15 is 0 Å². The fourth-order valence-electron chi connectivity index (χ4n) is 2.40. The second-order valence-electron chi connectivity index (χ2n) is 5.40. The number of esters is 1. The monoisotopic (exact) mass is 336 g/mol. The van der Waals surface area contributed by atoms with Gasteiger partial charge in [-0.05, 0) is 17.7 Å². The molecular formula is C21H17FO3. The maximum Gasteiger partial charge on any atom is 0.344 e. The molecule has 0 aliphatic rings. The van der Waals surface area contributed by atoms with Crippen LogP contribution in [0.2, 0.25) is 0 Å². The van der Waals surface area contributed by atoms with Gasteiger partial charge < -0.3 is 9.47 Å². The first-order chi connectivity index (χ1) is 12.2. The first-order valence-electron chi connectivity index (χ1n) is 7.90. The van der Waals surface area contributed by atoms with Gasteiger partial charge in [-0.25, -0.2) is 9.18 Å². The fraction of sp³-hybridized carbons (Fsp3) is 0.0952. The quantitative estimate of drug-likeness (QED) is 0.617. The Bertz CT molecular complexity index is 847. The van der Waals surface area contributed by atoms with Crippen molar-refractivity contribution >= 4 is 5.97 Å². The summed E-state index contributed by atoms with van der Waals surface area (Å²) in [6, 6.07) is 23.4. The minimum atomic E-state index is -0.550. The molecule has 0 amide bonds. The molecule has 0 radical (unpaired) electrons. The topological polar surface area (TPSA) is 35.5 Å². The van der Waals surface area contributed by atoms with Gasteiger partial charge in [-0.15, -0.1) is 0 Å². The van der Waals surface area contributed by atoms with Gasteiger partial charge in [0.15, 0.2) is 6.61 Å². The molecule has 0 aromatic heterocycles. The van der Waals surface area contributed by atoms with Gasteiger partial charge in [-0.2, -0.15) is 0 Å². The van der Waals surface area contributed by atoms with Crippen molar-refractivity contribution in [1.29, 1.82) is 0 Å². The molecule has 3 aromatic carbocycles. The summed E-state index contributed by atoms with van der Waals surface area (Å²) in [5, 5.41) is 0. The van der Waals surface area contributed by atoms with Crippen molar-refractivity contribution in [3.05, 3.63) is 90.2 Å². The van der Waals surface area contributed by atoms with E-state index in [0.717, 1.165) is 11.1 Å². The van der Waals surface area contributed by atoms with E-state index in [1.54, 1.807) is 24.3 Å². The van der Waals surface area contributed by atoms with Crippen LogP contribution >= 0.6 is 0 Å². The molecule has 0 atom stereocenters. The van der Waals surface area contributed by atoms with Crippen LogP contribution in [0, 0.1) is 5.82 Å². The lowest BCUT2D eigenvalue weighted by Crippen LogP contribution is -2.15. The third kappa shape index (κ3) is 4.44. The standard InChI is InChI=1S/C21H17FO3/c22-19-12-6-4-10-17(19)14-25-21(23)15-24-20-13-7-5-11-18(20)16-8-2-1-3-9-16/h1-13H,14-15H2. The largest absolute Gasteiger partial charge is 0.481 e. The predicted octanol–water partition coefficient (Wildman–Crippen LogP) is 4.61. The van der Waals surface area contributed by atoms with E-state index < -0.39 is 11.8 Å². The molecule has 0 heterocycles. The maximum absolute atomic E-state index is 13.5. The average Bonchev–Trinajstić information content (AvgIpc) is 2.66. The van der Waals surface area contributed by atoms with Crippen molar-refractivity contribution in [3.8, 4) is 16.9 Å². The highest BCUT2D eigenvalue weighted by molar-refractivity contribution is 5.73. The summed E-state index contributed by atoms with van der Waals surface area (Å²) in [6.07, 6.45) is 0. The van der Waals surface area contributed by atoms with Crippen LogP contribution in [0.4, 0.5) is 4.39 Å². The van der Waals surface area contributed by atoms with Crippen molar-refractivity contribution in [2.24, 2.45) is 0 Å². The Morgan fingerprint density at radius 2 is 1.52 bits per heavy atom. The van der Waals surface area contributed by atoms with Crippen LogP contribution in [0.5, 0.6) is 5.75 Å². The number of carbonyl (C=O) groups excluding carboxylic acids is 1. The van der Waals surface area contributed by atoms with Gasteiger partial charge in [0.2, 0.25) is 0 Å². The third-order valence-corrected chi connectivity index (χ3v) is 3.66.